The first kappa shape index (κ1) is 14.8. The lowest BCUT2D eigenvalue weighted by atomic mass is 10.2. The van der Waals surface area contributed by atoms with Gasteiger partial charge in [0, 0.05) is 23.6 Å². The zero-order chi connectivity index (χ0) is 15.7. The summed E-state index contributed by atoms with van der Waals surface area (Å²) < 4.78 is 40.3. The highest BCUT2D eigenvalue weighted by molar-refractivity contribution is 7.90. The van der Waals surface area contributed by atoms with Gasteiger partial charge in [0.15, 0.2) is 9.84 Å². The Bertz CT molecular complexity index is 911. The summed E-state index contributed by atoms with van der Waals surface area (Å²) in [4.78, 5) is 0.328. The maximum Gasteiger partial charge on any atom is 0.184 e. The number of aryl methyl sites for hydroxylation is 1. The first-order valence-corrected chi connectivity index (χ1v) is 8.71. The molecule has 0 saturated carbocycles. The maximum atomic E-state index is 12.9. The third kappa shape index (κ3) is 2.64. The van der Waals surface area contributed by atoms with Gasteiger partial charge in [0.25, 0.3) is 0 Å². The molecule has 0 bridgehead atoms. The van der Waals surface area contributed by atoms with E-state index in [1.165, 1.54) is 24.3 Å². The summed E-state index contributed by atoms with van der Waals surface area (Å²) in [6, 6.07) is 13.0. The van der Waals surface area contributed by atoms with Crippen LogP contribution in [0.2, 0.25) is 0 Å². The molecule has 3 nitrogen and oxygen atoms in total. The molecular weight excluding hydrogens is 301 g/mol. The molecule has 1 heterocycles. The molecule has 0 radical (unpaired) electrons. The fourth-order valence-electron chi connectivity index (χ4n) is 2.60. The minimum Gasteiger partial charge on any atom is -0.346 e. The molecule has 114 valence electrons. The summed E-state index contributed by atoms with van der Waals surface area (Å²) >= 11 is 0. The Labute approximate surface area is 128 Å². The van der Waals surface area contributed by atoms with Gasteiger partial charge < -0.3 is 4.57 Å². The highest BCUT2D eigenvalue weighted by Crippen LogP contribution is 2.28. The molecule has 22 heavy (non-hydrogen) atoms. The molecule has 2 aromatic carbocycles. The number of hydrogen-bond donors (Lipinski definition) is 0. The lowest BCUT2D eigenvalue weighted by molar-refractivity contribution is 0.595. The van der Waals surface area contributed by atoms with E-state index >= 15 is 0 Å². The van der Waals surface area contributed by atoms with Gasteiger partial charge in [-0.3, -0.25) is 0 Å². The summed E-state index contributed by atoms with van der Waals surface area (Å²) in [7, 11) is -3.49. The van der Waals surface area contributed by atoms with Crippen LogP contribution in [0.4, 0.5) is 4.39 Å². The molecule has 0 aliphatic rings. The highest BCUT2D eigenvalue weighted by atomic mass is 32.2. The van der Waals surface area contributed by atoms with Gasteiger partial charge in [0.2, 0.25) is 0 Å². The Kier molecular flexibility index (Phi) is 3.74. The van der Waals surface area contributed by atoms with Crippen molar-refractivity contribution in [1.82, 2.24) is 4.57 Å². The maximum absolute atomic E-state index is 12.9. The Morgan fingerprint density at radius 1 is 1.05 bits per heavy atom. The summed E-state index contributed by atoms with van der Waals surface area (Å²) in [6.07, 6.45) is 1.68. The molecule has 0 aliphatic heterocycles. The second kappa shape index (κ2) is 5.57. The predicted octanol–water partition coefficient (Wildman–Crippen LogP) is 3.77. The highest BCUT2D eigenvalue weighted by Gasteiger charge is 2.21. The molecule has 0 amide bonds. The van der Waals surface area contributed by atoms with Crippen LogP contribution in [-0.4, -0.2) is 13.0 Å². The fourth-order valence-corrected chi connectivity index (χ4v) is 4.18. The monoisotopic (exact) mass is 317 g/mol. The first-order chi connectivity index (χ1) is 10.5. The van der Waals surface area contributed by atoms with E-state index in [1.807, 2.05) is 35.8 Å². The van der Waals surface area contributed by atoms with E-state index < -0.39 is 9.84 Å². The second-order valence-corrected chi connectivity index (χ2v) is 7.14. The fraction of sp³-hybridized carbons (Fsp3) is 0.176. The quantitative estimate of drug-likeness (QED) is 0.734. The molecule has 0 spiro atoms. The van der Waals surface area contributed by atoms with Gasteiger partial charge in [-0.25, -0.2) is 12.8 Å². The lowest BCUT2D eigenvalue weighted by Gasteiger charge is -2.03. The van der Waals surface area contributed by atoms with Crippen molar-refractivity contribution in [3.8, 4) is 0 Å². The van der Waals surface area contributed by atoms with Gasteiger partial charge in [0.05, 0.1) is 10.6 Å². The number of nitrogens with zero attached hydrogens (tertiary/aromatic N) is 1. The standard InChI is InChI=1S/C17H16FNO2S/c1-2-19-11-17(15-5-3-4-6-16(15)19)22(20,21)12-13-7-9-14(18)10-8-13/h3-11H,2,12H2,1H3. The van der Waals surface area contributed by atoms with Crippen molar-refractivity contribution in [2.75, 3.05) is 0 Å². The van der Waals surface area contributed by atoms with E-state index in [0.717, 1.165) is 10.9 Å². The van der Waals surface area contributed by atoms with Crippen molar-refractivity contribution in [2.45, 2.75) is 24.1 Å². The van der Waals surface area contributed by atoms with Crippen LogP contribution in [0.15, 0.2) is 59.6 Å². The van der Waals surface area contributed by atoms with E-state index in [0.29, 0.717) is 17.0 Å². The summed E-state index contributed by atoms with van der Waals surface area (Å²) in [5, 5.41) is 0.728. The minimum atomic E-state index is -3.49. The number of sulfone groups is 1. The van der Waals surface area contributed by atoms with Gasteiger partial charge in [0.1, 0.15) is 5.82 Å². The van der Waals surface area contributed by atoms with Crippen LogP contribution in [0.1, 0.15) is 12.5 Å². The van der Waals surface area contributed by atoms with Crippen molar-refractivity contribution in [3.63, 3.8) is 0 Å². The van der Waals surface area contributed by atoms with Crippen molar-refractivity contribution in [3.05, 3.63) is 66.1 Å². The molecule has 5 heteroatoms. The van der Waals surface area contributed by atoms with E-state index in [2.05, 4.69) is 0 Å². The molecule has 1 aromatic heterocycles. The van der Waals surface area contributed by atoms with Crippen LogP contribution in [0.5, 0.6) is 0 Å². The Balaban J connectivity index is 2.07. The summed E-state index contributed by atoms with van der Waals surface area (Å²) in [6.45, 7) is 2.68. The molecule has 3 rings (SSSR count). The summed E-state index contributed by atoms with van der Waals surface area (Å²) in [5.41, 5.74) is 1.48. The predicted molar refractivity (Wildman–Crippen MR) is 84.9 cm³/mol. The minimum absolute atomic E-state index is 0.134. The van der Waals surface area contributed by atoms with Crippen LogP contribution < -0.4 is 0 Å². The van der Waals surface area contributed by atoms with E-state index in [4.69, 9.17) is 0 Å². The molecule has 0 aliphatic carbocycles. The van der Waals surface area contributed by atoms with Gasteiger partial charge in [-0.05, 0) is 30.7 Å². The molecule has 0 unspecified atom stereocenters. The number of hydrogen-bond acceptors (Lipinski definition) is 2. The number of fused-ring (bicyclic) bond motifs is 1. The van der Waals surface area contributed by atoms with Gasteiger partial charge in [-0.2, -0.15) is 0 Å². The van der Waals surface area contributed by atoms with E-state index in [1.54, 1.807) is 6.20 Å². The molecule has 0 saturated heterocycles. The lowest BCUT2D eigenvalue weighted by Crippen LogP contribution is -2.04. The number of benzene rings is 2. The molecule has 0 fully saturated rings. The number of para-hydroxylation sites is 1. The average Bonchev–Trinajstić information content (AvgIpc) is 2.89. The topological polar surface area (TPSA) is 39.1 Å². The van der Waals surface area contributed by atoms with Crippen LogP contribution in [0.25, 0.3) is 10.9 Å². The van der Waals surface area contributed by atoms with Crippen molar-refractivity contribution >= 4 is 20.7 Å². The molecular formula is C17H16FNO2S. The number of aromatic nitrogens is 1. The van der Waals surface area contributed by atoms with Crippen molar-refractivity contribution < 1.29 is 12.8 Å². The SMILES string of the molecule is CCn1cc(S(=O)(=O)Cc2ccc(F)cc2)c2ccccc21. The van der Waals surface area contributed by atoms with Gasteiger partial charge in [-0.1, -0.05) is 30.3 Å². The largest absolute Gasteiger partial charge is 0.346 e. The van der Waals surface area contributed by atoms with Crippen LogP contribution in [0.3, 0.4) is 0 Å². The average molecular weight is 317 g/mol. The van der Waals surface area contributed by atoms with Crippen LogP contribution in [-0.2, 0) is 22.1 Å². The second-order valence-electron chi connectivity index (χ2n) is 5.18. The zero-order valence-corrected chi connectivity index (χ0v) is 13.0. The molecule has 3 aromatic rings. The van der Waals surface area contributed by atoms with E-state index in [9.17, 15) is 12.8 Å². The summed E-state index contributed by atoms with van der Waals surface area (Å²) in [5.74, 6) is -0.505. The molecule has 0 atom stereocenters. The van der Waals surface area contributed by atoms with Crippen LogP contribution in [0, 0.1) is 5.82 Å². The Morgan fingerprint density at radius 3 is 2.41 bits per heavy atom. The van der Waals surface area contributed by atoms with Gasteiger partial charge >= 0.3 is 0 Å². The van der Waals surface area contributed by atoms with Crippen molar-refractivity contribution in [1.29, 1.82) is 0 Å². The Morgan fingerprint density at radius 2 is 1.73 bits per heavy atom. The Hall–Kier alpha value is -2.14. The number of halogens is 1. The van der Waals surface area contributed by atoms with Crippen molar-refractivity contribution in [2.24, 2.45) is 0 Å². The van der Waals surface area contributed by atoms with E-state index in [-0.39, 0.29) is 11.6 Å². The van der Waals surface area contributed by atoms with Crippen LogP contribution >= 0.6 is 0 Å². The third-order valence-corrected chi connectivity index (χ3v) is 5.41. The smallest absolute Gasteiger partial charge is 0.184 e. The number of rotatable bonds is 4. The normalized spacial score (nSPS) is 11.9. The third-order valence-electron chi connectivity index (χ3n) is 3.70. The first-order valence-electron chi connectivity index (χ1n) is 7.06. The zero-order valence-electron chi connectivity index (χ0n) is 12.2. The van der Waals surface area contributed by atoms with Gasteiger partial charge in [-0.15, -0.1) is 0 Å². The molecule has 0 N–H and O–H groups in total.